The molecule has 0 aliphatic carbocycles. The van der Waals surface area contributed by atoms with Crippen LogP contribution in [-0.2, 0) is 0 Å². The lowest BCUT2D eigenvalue weighted by Gasteiger charge is -2.18. The molecule has 1 aliphatic heterocycles. The van der Waals surface area contributed by atoms with E-state index in [1.165, 1.54) is 17.4 Å². The van der Waals surface area contributed by atoms with Gasteiger partial charge in [-0.25, -0.2) is 9.97 Å². The molecule has 1 unspecified atom stereocenters. The topological polar surface area (TPSA) is 64.8 Å². The number of halogens is 3. The molecule has 0 aromatic carbocycles. The molecule has 1 saturated heterocycles. The lowest BCUT2D eigenvalue weighted by Crippen LogP contribution is -2.34. The predicted molar refractivity (Wildman–Crippen MR) is 61.3 cm³/mol. The average Bonchev–Trinajstić information content (AvgIpc) is 2.75. The highest BCUT2D eigenvalue weighted by atomic mass is 19.4. The zero-order chi connectivity index (χ0) is 13.9. The molecule has 1 atom stereocenters. The molecule has 0 spiro atoms. The maximum absolute atomic E-state index is 12.3. The van der Waals surface area contributed by atoms with Crippen molar-refractivity contribution in [3.05, 3.63) is 18.1 Å². The molecule has 0 amide bonds. The van der Waals surface area contributed by atoms with Crippen molar-refractivity contribution in [2.24, 2.45) is 0 Å². The van der Waals surface area contributed by atoms with E-state index >= 15 is 0 Å². The van der Waals surface area contributed by atoms with Crippen LogP contribution in [0.25, 0.3) is 0 Å². The fourth-order valence-corrected chi connectivity index (χ4v) is 2.07. The minimum absolute atomic E-state index is 0.135. The third kappa shape index (κ3) is 3.79. The zero-order valence-corrected chi connectivity index (χ0v) is 9.98. The molecule has 0 radical (unpaired) electrons. The number of nitrogens with zero attached hydrogens (tertiary/aromatic N) is 4. The Morgan fingerprint density at radius 1 is 1.53 bits per heavy atom. The molecule has 0 saturated carbocycles. The normalized spacial score (nSPS) is 20.2. The smallest absolute Gasteiger partial charge is 0.365 e. The van der Waals surface area contributed by atoms with Gasteiger partial charge in [-0.3, -0.25) is 4.90 Å². The molecule has 1 aromatic rings. The van der Waals surface area contributed by atoms with Gasteiger partial charge in [0.05, 0.1) is 12.7 Å². The molecule has 102 valence electrons. The highest BCUT2D eigenvalue weighted by Gasteiger charge is 2.34. The average molecular weight is 271 g/mol. The van der Waals surface area contributed by atoms with Gasteiger partial charge >= 0.3 is 6.18 Å². The number of hydrogen-bond donors (Lipinski definition) is 1. The number of aromatic nitrogens is 2. The van der Waals surface area contributed by atoms with Gasteiger partial charge in [-0.05, 0) is 6.42 Å². The van der Waals surface area contributed by atoms with Crippen molar-refractivity contribution in [2.75, 3.05) is 25.0 Å². The summed E-state index contributed by atoms with van der Waals surface area (Å²) in [6.45, 7) is -0.238. The van der Waals surface area contributed by atoms with E-state index in [-0.39, 0.29) is 18.2 Å². The quantitative estimate of drug-likeness (QED) is 0.900. The number of hydrogen-bond acceptors (Lipinski definition) is 5. The molecule has 2 rings (SSSR count). The van der Waals surface area contributed by atoms with Crippen LogP contribution in [0.3, 0.4) is 0 Å². The van der Waals surface area contributed by atoms with E-state index in [0.717, 1.165) is 0 Å². The summed E-state index contributed by atoms with van der Waals surface area (Å²) < 4.78 is 36.8. The van der Waals surface area contributed by atoms with E-state index in [0.29, 0.717) is 18.8 Å². The van der Waals surface area contributed by atoms with E-state index in [2.05, 4.69) is 15.3 Å². The Hall–Kier alpha value is -1.88. The SMILES string of the molecule is N#Cc1cncnc1NC1CCN(CC(F)(F)F)C1. The van der Waals surface area contributed by atoms with Crippen LogP contribution in [0, 0.1) is 11.3 Å². The van der Waals surface area contributed by atoms with Gasteiger partial charge in [-0.2, -0.15) is 18.4 Å². The Labute approximate surface area is 108 Å². The van der Waals surface area contributed by atoms with Crippen LogP contribution in [0.2, 0.25) is 0 Å². The van der Waals surface area contributed by atoms with Gasteiger partial charge in [0.1, 0.15) is 23.8 Å². The maximum Gasteiger partial charge on any atom is 0.401 e. The van der Waals surface area contributed by atoms with E-state index in [9.17, 15) is 13.2 Å². The first kappa shape index (κ1) is 13.5. The second kappa shape index (κ2) is 5.40. The van der Waals surface area contributed by atoms with E-state index < -0.39 is 12.7 Å². The molecule has 1 fully saturated rings. The van der Waals surface area contributed by atoms with E-state index in [1.54, 1.807) is 0 Å². The molecule has 19 heavy (non-hydrogen) atoms. The van der Waals surface area contributed by atoms with Crippen molar-refractivity contribution in [2.45, 2.75) is 18.6 Å². The highest BCUT2D eigenvalue weighted by molar-refractivity contribution is 5.50. The standard InChI is InChI=1S/C11H12F3N5/c12-11(13,14)6-19-2-1-9(5-19)18-10-8(3-15)4-16-7-17-10/h4,7,9H,1-2,5-6H2,(H,16,17,18). The Kier molecular flexibility index (Phi) is 3.85. The summed E-state index contributed by atoms with van der Waals surface area (Å²) in [7, 11) is 0. The van der Waals surface area contributed by atoms with Crippen LogP contribution >= 0.6 is 0 Å². The largest absolute Gasteiger partial charge is 0.401 e. The highest BCUT2D eigenvalue weighted by Crippen LogP contribution is 2.21. The maximum atomic E-state index is 12.3. The zero-order valence-electron chi connectivity index (χ0n) is 9.98. The number of anilines is 1. The van der Waals surface area contributed by atoms with E-state index in [4.69, 9.17) is 5.26 Å². The molecule has 0 bridgehead atoms. The molecule has 5 nitrogen and oxygen atoms in total. The van der Waals surface area contributed by atoms with E-state index in [1.807, 2.05) is 6.07 Å². The van der Waals surface area contributed by atoms with Gasteiger partial charge in [-0.15, -0.1) is 0 Å². The fourth-order valence-electron chi connectivity index (χ4n) is 2.07. The summed E-state index contributed by atoms with van der Waals surface area (Å²) in [5.74, 6) is 0.372. The van der Waals surface area contributed by atoms with Crippen molar-refractivity contribution < 1.29 is 13.2 Å². The molecule has 1 aliphatic rings. The summed E-state index contributed by atoms with van der Waals surface area (Å²) in [6.07, 6.45) is -0.921. The second-order valence-electron chi connectivity index (χ2n) is 4.38. The van der Waals surface area contributed by atoms with Crippen molar-refractivity contribution in [3.63, 3.8) is 0 Å². The third-order valence-electron chi connectivity index (χ3n) is 2.85. The molecule has 8 heteroatoms. The van der Waals surface area contributed by atoms with Gasteiger partial charge in [0.2, 0.25) is 0 Å². The summed E-state index contributed by atoms with van der Waals surface area (Å²) in [5, 5.41) is 11.9. The third-order valence-corrected chi connectivity index (χ3v) is 2.85. The van der Waals surface area contributed by atoms with Gasteiger partial charge < -0.3 is 5.32 Å². The molecular weight excluding hydrogens is 259 g/mol. The number of nitriles is 1. The molecule has 1 aromatic heterocycles. The summed E-state index contributed by atoms with van der Waals surface area (Å²) >= 11 is 0. The first-order valence-electron chi connectivity index (χ1n) is 5.73. The minimum atomic E-state index is -4.18. The van der Waals surface area contributed by atoms with Crippen LogP contribution in [-0.4, -0.2) is 46.7 Å². The number of alkyl halides is 3. The van der Waals surface area contributed by atoms with Crippen molar-refractivity contribution in [1.82, 2.24) is 14.9 Å². The Morgan fingerprint density at radius 2 is 2.32 bits per heavy atom. The van der Waals surface area contributed by atoms with Crippen LogP contribution in [0.5, 0.6) is 0 Å². The summed E-state index contributed by atoms with van der Waals surface area (Å²) in [4.78, 5) is 8.99. The second-order valence-corrected chi connectivity index (χ2v) is 4.38. The number of nitrogens with one attached hydrogen (secondary N) is 1. The van der Waals surface area contributed by atoms with Gasteiger partial charge in [0.25, 0.3) is 0 Å². The summed E-state index contributed by atoms with van der Waals surface area (Å²) in [5.41, 5.74) is 0.289. The predicted octanol–water partition coefficient (Wildman–Crippen LogP) is 1.40. The van der Waals surface area contributed by atoms with Crippen LogP contribution in [0.1, 0.15) is 12.0 Å². The first-order chi connectivity index (χ1) is 8.98. The monoisotopic (exact) mass is 271 g/mol. The molecule has 1 N–H and O–H groups in total. The van der Waals surface area contributed by atoms with Crippen molar-refractivity contribution >= 4 is 5.82 Å². The first-order valence-corrected chi connectivity index (χ1v) is 5.73. The van der Waals surface area contributed by atoms with Crippen LogP contribution in [0.4, 0.5) is 19.0 Å². The van der Waals surface area contributed by atoms with Gasteiger partial charge in [0.15, 0.2) is 0 Å². The Balaban J connectivity index is 1.94. The van der Waals surface area contributed by atoms with Crippen LogP contribution in [0.15, 0.2) is 12.5 Å². The fraction of sp³-hybridized carbons (Fsp3) is 0.545. The number of rotatable bonds is 3. The molecular formula is C11H12F3N5. The minimum Gasteiger partial charge on any atom is -0.365 e. The Bertz CT molecular complexity index is 482. The van der Waals surface area contributed by atoms with Crippen molar-refractivity contribution in [3.8, 4) is 6.07 Å². The Morgan fingerprint density at radius 3 is 3.00 bits per heavy atom. The van der Waals surface area contributed by atoms with Gasteiger partial charge in [0, 0.05) is 19.1 Å². The van der Waals surface area contributed by atoms with Crippen LogP contribution < -0.4 is 5.32 Å². The molecule has 2 heterocycles. The number of likely N-dealkylation sites (tertiary alicyclic amines) is 1. The summed E-state index contributed by atoms with van der Waals surface area (Å²) in [6, 6.07) is 1.80. The lowest BCUT2D eigenvalue weighted by atomic mass is 10.2. The van der Waals surface area contributed by atoms with Gasteiger partial charge in [-0.1, -0.05) is 0 Å². The lowest BCUT2D eigenvalue weighted by molar-refractivity contribution is -0.143. The van der Waals surface area contributed by atoms with Crippen molar-refractivity contribution in [1.29, 1.82) is 5.26 Å².